The quantitative estimate of drug-likeness (QED) is 0.649. The summed E-state index contributed by atoms with van der Waals surface area (Å²) in [5.41, 5.74) is 5.84. The lowest BCUT2D eigenvalue weighted by Gasteiger charge is -2.32. The molecule has 14 heavy (non-hydrogen) atoms. The summed E-state index contributed by atoms with van der Waals surface area (Å²) in [7, 11) is 0. The molecule has 0 spiro atoms. The molecule has 86 valence electrons. The van der Waals surface area contributed by atoms with E-state index in [9.17, 15) is 5.11 Å². The van der Waals surface area contributed by atoms with Crippen molar-refractivity contribution in [2.24, 2.45) is 11.1 Å². The molecule has 0 saturated heterocycles. The molecule has 0 radical (unpaired) electrons. The van der Waals surface area contributed by atoms with Crippen LogP contribution in [0.4, 0.5) is 0 Å². The zero-order valence-corrected chi connectivity index (χ0v) is 10.1. The van der Waals surface area contributed by atoms with E-state index in [-0.39, 0.29) is 11.5 Å². The first-order valence-corrected chi connectivity index (χ1v) is 5.51. The van der Waals surface area contributed by atoms with E-state index in [1.807, 2.05) is 6.92 Å². The number of nitrogens with two attached hydrogens (primary N) is 1. The molecule has 0 bridgehead atoms. The van der Waals surface area contributed by atoms with Crippen LogP contribution in [-0.2, 0) is 0 Å². The Balaban J connectivity index is 4.07. The van der Waals surface area contributed by atoms with Gasteiger partial charge in [-0.3, -0.25) is 0 Å². The summed E-state index contributed by atoms with van der Waals surface area (Å²) in [4.78, 5) is 2.29. The third-order valence-corrected chi connectivity index (χ3v) is 2.27. The number of nitrogens with zero attached hydrogens (tertiary/aromatic N) is 1. The Kier molecular flexibility index (Phi) is 6.33. The number of hydrogen-bond acceptors (Lipinski definition) is 3. The predicted octanol–water partition coefficient (Wildman–Crippen LogP) is 1.06. The van der Waals surface area contributed by atoms with E-state index < -0.39 is 0 Å². The Morgan fingerprint density at radius 3 is 2.36 bits per heavy atom. The molecule has 0 aromatic carbocycles. The fourth-order valence-electron chi connectivity index (χ4n) is 1.59. The number of rotatable bonds is 7. The van der Waals surface area contributed by atoms with Crippen molar-refractivity contribution >= 4 is 0 Å². The average Bonchev–Trinajstić information content (AvgIpc) is 2.03. The van der Waals surface area contributed by atoms with Crippen LogP contribution in [0.15, 0.2) is 0 Å². The van der Waals surface area contributed by atoms with Gasteiger partial charge >= 0.3 is 0 Å². The molecule has 0 fully saturated rings. The van der Waals surface area contributed by atoms with Gasteiger partial charge in [-0.05, 0) is 31.8 Å². The topological polar surface area (TPSA) is 49.5 Å². The minimum atomic E-state index is -0.255. The van der Waals surface area contributed by atoms with E-state index in [1.165, 1.54) is 0 Å². The molecule has 0 aliphatic heterocycles. The predicted molar refractivity (Wildman–Crippen MR) is 61.2 cm³/mol. The van der Waals surface area contributed by atoms with Crippen LogP contribution in [0.1, 0.15) is 34.1 Å². The molecule has 0 aromatic rings. The van der Waals surface area contributed by atoms with Gasteiger partial charge in [-0.25, -0.2) is 0 Å². The van der Waals surface area contributed by atoms with Crippen LogP contribution in [0.2, 0.25) is 0 Å². The van der Waals surface area contributed by atoms with Gasteiger partial charge in [-0.2, -0.15) is 0 Å². The SMILES string of the molecule is CCCN(C[C@@H](C)O)CC(C)(C)CN. The van der Waals surface area contributed by atoms with Gasteiger partial charge in [0, 0.05) is 13.1 Å². The first-order chi connectivity index (χ1) is 6.41. The van der Waals surface area contributed by atoms with Crippen LogP contribution in [-0.4, -0.2) is 42.3 Å². The van der Waals surface area contributed by atoms with Gasteiger partial charge in [0.2, 0.25) is 0 Å². The number of aliphatic hydroxyl groups excluding tert-OH is 1. The lowest BCUT2D eigenvalue weighted by molar-refractivity contribution is 0.100. The molecule has 0 rings (SSSR count). The maximum absolute atomic E-state index is 9.35. The molecule has 0 unspecified atom stereocenters. The molecule has 0 aliphatic rings. The summed E-state index contributed by atoms with van der Waals surface area (Å²) in [5.74, 6) is 0. The van der Waals surface area contributed by atoms with Crippen LogP contribution in [0.25, 0.3) is 0 Å². The van der Waals surface area contributed by atoms with Crippen LogP contribution in [0.3, 0.4) is 0 Å². The van der Waals surface area contributed by atoms with Gasteiger partial charge in [0.25, 0.3) is 0 Å². The maximum Gasteiger partial charge on any atom is 0.0639 e. The normalized spacial score (nSPS) is 14.8. The third kappa shape index (κ3) is 6.35. The van der Waals surface area contributed by atoms with Gasteiger partial charge in [0.15, 0.2) is 0 Å². The zero-order valence-electron chi connectivity index (χ0n) is 10.1. The third-order valence-electron chi connectivity index (χ3n) is 2.27. The highest BCUT2D eigenvalue weighted by atomic mass is 16.3. The molecule has 0 aromatic heterocycles. The summed E-state index contributed by atoms with van der Waals surface area (Å²) < 4.78 is 0. The van der Waals surface area contributed by atoms with Gasteiger partial charge < -0.3 is 15.7 Å². The lowest BCUT2D eigenvalue weighted by atomic mass is 9.93. The van der Waals surface area contributed by atoms with E-state index in [1.54, 1.807) is 0 Å². The first-order valence-electron chi connectivity index (χ1n) is 5.51. The number of hydrogen-bond donors (Lipinski definition) is 2. The first kappa shape index (κ1) is 13.9. The van der Waals surface area contributed by atoms with Crippen LogP contribution in [0.5, 0.6) is 0 Å². The Bertz CT molecular complexity index is 146. The second kappa shape index (κ2) is 6.38. The summed E-state index contributed by atoms with van der Waals surface area (Å²) in [6.45, 7) is 11.7. The van der Waals surface area contributed by atoms with Gasteiger partial charge in [-0.1, -0.05) is 20.8 Å². The second-order valence-electron chi connectivity index (χ2n) is 4.95. The molecule has 0 heterocycles. The van der Waals surface area contributed by atoms with E-state index in [4.69, 9.17) is 5.73 Å². The fourth-order valence-corrected chi connectivity index (χ4v) is 1.59. The van der Waals surface area contributed by atoms with Crippen molar-refractivity contribution in [2.45, 2.75) is 40.2 Å². The highest BCUT2D eigenvalue weighted by Gasteiger charge is 2.20. The van der Waals surface area contributed by atoms with Gasteiger partial charge in [0.1, 0.15) is 0 Å². The summed E-state index contributed by atoms with van der Waals surface area (Å²) in [6, 6.07) is 0. The second-order valence-corrected chi connectivity index (χ2v) is 4.95. The van der Waals surface area contributed by atoms with Crippen LogP contribution < -0.4 is 5.73 Å². The largest absolute Gasteiger partial charge is 0.392 e. The van der Waals surface area contributed by atoms with Crippen molar-refractivity contribution in [3.05, 3.63) is 0 Å². The van der Waals surface area contributed by atoms with Crippen LogP contribution >= 0.6 is 0 Å². The van der Waals surface area contributed by atoms with Crippen LogP contribution in [0, 0.1) is 5.41 Å². The lowest BCUT2D eigenvalue weighted by Crippen LogP contribution is -2.42. The Morgan fingerprint density at radius 1 is 1.43 bits per heavy atom. The van der Waals surface area contributed by atoms with Crippen molar-refractivity contribution in [2.75, 3.05) is 26.2 Å². The van der Waals surface area contributed by atoms with Crippen molar-refractivity contribution in [1.29, 1.82) is 0 Å². The van der Waals surface area contributed by atoms with E-state index >= 15 is 0 Å². The van der Waals surface area contributed by atoms with E-state index in [0.717, 1.165) is 26.1 Å². The Morgan fingerprint density at radius 2 is 2.00 bits per heavy atom. The fraction of sp³-hybridized carbons (Fsp3) is 1.00. The molecule has 3 heteroatoms. The smallest absolute Gasteiger partial charge is 0.0639 e. The minimum Gasteiger partial charge on any atom is -0.392 e. The summed E-state index contributed by atoms with van der Waals surface area (Å²) in [6.07, 6.45) is 0.864. The molecule has 0 saturated carbocycles. The summed E-state index contributed by atoms with van der Waals surface area (Å²) >= 11 is 0. The molecular weight excluding hydrogens is 176 g/mol. The van der Waals surface area contributed by atoms with Crippen molar-refractivity contribution in [3.8, 4) is 0 Å². The minimum absolute atomic E-state index is 0.143. The van der Waals surface area contributed by atoms with Crippen molar-refractivity contribution < 1.29 is 5.11 Å². The molecule has 3 nitrogen and oxygen atoms in total. The van der Waals surface area contributed by atoms with Gasteiger partial charge in [-0.15, -0.1) is 0 Å². The maximum atomic E-state index is 9.35. The monoisotopic (exact) mass is 202 g/mol. The van der Waals surface area contributed by atoms with E-state index in [0.29, 0.717) is 6.54 Å². The summed E-state index contributed by atoms with van der Waals surface area (Å²) in [5, 5.41) is 9.35. The van der Waals surface area contributed by atoms with Crippen molar-refractivity contribution in [3.63, 3.8) is 0 Å². The molecular formula is C11H26N2O. The standard InChI is InChI=1S/C11H26N2O/c1-5-6-13(7-10(2)14)9-11(3,4)8-12/h10,14H,5-9,12H2,1-4H3/t10-/m1/s1. The highest BCUT2D eigenvalue weighted by molar-refractivity contribution is 4.75. The van der Waals surface area contributed by atoms with Gasteiger partial charge in [0.05, 0.1) is 6.10 Å². The molecule has 0 amide bonds. The number of aliphatic hydroxyl groups is 1. The van der Waals surface area contributed by atoms with E-state index in [2.05, 4.69) is 25.7 Å². The Hall–Kier alpha value is -0.120. The average molecular weight is 202 g/mol. The molecule has 3 N–H and O–H groups in total. The molecule has 1 atom stereocenters. The molecule has 0 aliphatic carbocycles. The highest BCUT2D eigenvalue weighted by Crippen LogP contribution is 2.15. The Labute approximate surface area is 88.3 Å². The zero-order chi connectivity index (χ0) is 11.2. The van der Waals surface area contributed by atoms with Crippen molar-refractivity contribution in [1.82, 2.24) is 4.90 Å².